The number of rotatable bonds is 0. The van der Waals surface area contributed by atoms with Crippen molar-refractivity contribution in [1.29, 1.82) is 0 Å². The third-order valence-electron chi connectivity index (χ3n) is 4.39. The van der Waals surface area contributed by atoms with Gasteiger partial charge in [-0.05, 0) is 49.9 Å². The second-order valence-corrected chi connectivity index (χ2v) is 5.58. The van der Waals surface area contributed by atoms with Gasteiger partial charge in [0.15, 0.2) is 11.5 Å². The van der Waals surface area contributed by atoms with Crippen LogP contribution in [0.25, 0.3) is 0 Å². The topological polar surface area (TPSA) is 43.7 Å². The molecule has 3 heteroatoms. The van der Waals surface area contributed by atoms with Gasteiger partial charge in [-0.3, -0.25) is 0 Å². The summed E-state index contributed by atoms with van der Waals surface area (Å²) < 4.78 is 0. The van der Waals surface area contributed by atoms with Gasteiger partial charge in [0.05, 0.1) is 0 Å². The lowest BCUT2D eigenvalue weighted by Crippen LogP contribution is -2.20. The molecule has 0 amide bonds. The Bertz CT molecular complexity index is 470. The zero-order valence-electron chi connectivity index (χ0n) is 10.4. The number of fused-ring (bicyclic) bond motifs is 3. The maximum atomic E-state index is 9.99. The van der Waals surface area contributed by atoms with Gasteiger partial charge in [0.1, 0.15) is 0 Å². The van der Waals surface area contributed by atoms with Gasteiger partial charge < -0.3 is 15.1 Å². The molecule has 2 aliphatic rings. The lowest BCUT2D eigenvalue weighted by molar-refractivity contribution is 0.375. The molecule has 92 valence electrons. The molecule has 1 aliphatic carbocycles. The van der Waals surface area contributed by atoms with Crippen molar-refractivity contribution in [2.45, 2.75) is 25.7 Å². The molecule has 2 N–H and O–H groups in total. The second-order valence-electron chi connectivity index (χ2n) is 5.58. The van der Waals surface area contributed by atoms with Crippen LogP contribution < -0.4 is 0 Å². The van der Waals surface area contributed by atoms with Crippen molar-refractivity contribution >= 4 is 0 Å². The standard InChI is InChI=1S/C14H19NO2/c1-8-5-12(16)14(17)10-4-3-9-6-15(2)7-11(9)13(8)10/h5,9,11,16-17H,3-4,6-7H2,1-2H3. The molecule has 17 heavy (non-hydrogen) atoms. The molecule has 0 spiro atoms. The van der Waals surface area contributed by atoms with Crippen LogP contribution in [0.15, 0.2) is 6.07 Å². The Hall–Kier alpha value is -1.22. The fraction of sp³-hybridized carbons (Fsp3) is 0.571. The predicted molar refractivity (Wildman–Crippen MR) is 66.6 cm³/mol. The minimum atomic E-state index is 0.0334. The molecule has 0 radical (unpaired) electrons. The number of aromatic hydroxyl groups is 2. The van der Waals surface area contributed by atoms with E-state index in [-0.39, 0.29) is 11.5 Å². The summed E-state index contributed by atoms with van der Waals surface area (Å²) in [6.45, 7) is 4.27. The molecule has 3 rings (SSSR count). The van der Waals surface area contributed by atoms with Crippen molar-refractivity contribution in [3.63, 3.8) is 0 Å². The van der Waals surface area contributed by atoms with Crippen LogP contribution in [0.2, 0.25) is 0 Å². The first-order chi connectivity index (χ1) is 8.08. The highest BCUT2D eigenvalue weighted by Crippen LogP contribution is 2.47. The number of nitrogens with zero attached hydrogens (tertiary/aromatic N) is 1. The fourth-order valence-electron chi connectivity index (χ4n) is 3.68. The van der Waals surface area contributed by atoms with Crippen molar-refractivity contribution in [3.05, 3.63) is 22.8 Å². The summed E-state index contributed by atoms with van der Waals surface area (Å²) in [7, 11) is 2.16. The molecular weight excluding hydrogens is 214 g/mol. The Morgan fingerprint density at radius 2 is 2.06 bits per heavy atom. The molecule has 1 saturated heterocycles. The zero-order valence-corrected chi connectivity index (χ0v) is 10.4. The lowest BCUT2D eigenvalue weighted by Gasteiger charge is -2.29. The molecule has 3 nitrogen and oxygen atoms in total. The Balaban J connectivity index is 2.14. The third kappa shape index (κ3) is 1.53. The summed E-state index contributed by atoms with van der Waals surface area (Å²) in [5, 5.41) is 19.7. The van der Waals surface area contributed by atoms with Crippen molar-refractivity contribution in [1.82, 2.24) is 4.90 Å². The molecule has 0 saturated carbocycles. The van der Waals surface area contributed by atoms with Gasteiger partial charge in [-0.1, -0.05) is 0 Å². The summed E-state index contributed by atoms with van der Waals surface area (Å²) in [6, 6.07) is 1.70. The summed E-state index contributed by atoms with van der Waals surface area (Å²) >= 11 is 0. The van der Waals surface area contributed by atoms with Gasteiger partial charge in [-0.15, -0.1) is 0 Å². The minimum absolute atomic E-state index is 0.0334. The van der Waals surface area contributed by atoms with Gasteiger partial charge in [0.25, 0.3) is 0 Å². The molecule has 2 atom stereocenters. The van der Waals surface area contributed by atoms with Crippen molar-refractivity contribution < 1.29 is 10.2 Å². The van der Waals surface area contributed by atoms with Crippen LogP contribution in [0.1, 0.15) is 29.0 Å². The van der Waals surface area contributed by atoms with Gasteiger partial charge in [-0.2, -0.15) is 0 Å². The van der Waals surface area contributed by atoms with Crippen LogP contribution in [0, 0.1) is 12.8 Å². The van der Waals surface area contributed by atoms with E-state index >= 15 is 0 Å². The monoisotopic (exact) mass is 233 g/mol. The molecule has 1 fully saturated rings. The summed E-state index contributed by atoms with van der Waals surface area (Å²) in [4.78, 5) is 2.37. The molecule has 1 aromatic rings. The SMILES string of the molecule is Cc1cc(O)c(O)c2c1C1CN(C)CC1CC2. The van der Waals surface area contributed by atoms with E-state index in [9.17, 15) is 10.2 Å². The van der Waals surface area contributed by atoms with E-state index in [0.29, 0.717) is 5.92 Å². The van der Waals surface area contributed by atoms with Crippen molar-refractivity contribution in [2.75, 3.05) is 20.1 Å². The van der Waals surface area contributed by atoms with E-state index in [1.165, 1.54) is 5.56 Å². The Morgan fingerprint density at radius 1 is 1.29 bits per heavy atom. The van der Waals surface area contributed by atoms with Crippen LogP contribution >= 0.6 is 0 Å². The molecule has 1 heterocycles. The van der Waals surface area contributed by atoms with E-state index in [0.717, 1.165) is 43.0 Å². The van der Waals surface area contributed by atoms with Crippen molar-refractivity contribution in [3.8, 4) is 11.5 Å². The van der Waals surface area contributed by atoms with Crippen LogP contribution in [0.4, 0.5) is 0 Å². The number of hydrogen-bond acceptors (Lipinski definition) is 3. The highest BCUT2D eigenvalue weighted by Gasteiger charge is 2.38. The third-order valence-corrected chi connectivity index (χ3v) is 4.39. The van der Waals surface area contributed by atoms with Gasteiger partial charge >= 0.3 is 0 Å². The first-order valence-corrected chi connectivity index (χ1v) is 6.30. The molecule has 2 unspecified atom stereocenters. The maximum Gasteiger partial charge on any atom is 0.160 e. The van der Waals surface area contributed by atoms with Crippen LogP contribution in [-0.2, 0) is 6.42 Å². The number of phenols is 2. The Kier molecular flexibility index (Phi) is 2.33. The highest BCUT2D eigenvalue weighted by atomic mass is 16.3. The first kappa shape index (κ1) is 10.9. The maximum absolute atomic E-state index is 9.99. The molecule has 0 bridgehead atoms. The van der Waals surface area contributed by atoms with Crippen molar-refractivity contribution in [2.24, 2.45) is 5.92 Å². The average Bonchev–Trinajstić information content (AvgIpc) is 2.65. The summed E-state index contributed by atoms with van der Waals surface area (Å²) in [5.74, 6) is 1.40. The fourth-order valence-corrected chi connectivity index (χ4v) is 3.68. The highest BCUT2D eigenvalue weighted by molar-refractivity contribution is 5.55. The van der Waals surface area contributed by atoms with Gasteiger partial charge in [0.2, 0.25) is 0 Å². The molecular formula is C14H19NO2. The average molecular weight is 233 g/mol. The van der Waals surface area contributed by atoms with E-state index in [2.05, 4.69) is 11.9 Å². The van der Waals surface area contributed by atoms with Crippen LogP contribution in [0.5, 0.6) is 11.5 Å². The molecule has 1 aliphatic heterocycles. The number of hydrogen-bond donors (Lipinski definition) is 2. The normalized spacial score (nSPS) is 27.9. The van der Waals surface area contributed by atoms with E-state index in [1.807, 2.05) is 6.92 Å². The summed E-state index contributed by atoms with van der Waals surface area (Å²) in [6.07, 6.45) is 2.02. The number of likely N-dealkylation sites (tertiary alicyclic amines) is 1. The smallest absolute Gasteiger partial charge is 0.160 e. The minimum Gasteiger partial charge on any atom is -0.504 e. The van der Waals surface area contributed by atoms with Crippen LogP contribution in [-0.4, -0.2) is 35.3 Å². The molecule has 1 aromatic carbocycles. The van der Waals surface area contributed by atoms with E-state index in [4.69, 9.17) is 0 Å². The number of likely N-dealkylation sites (N-methyl/N-ethyl adjacent to an activating group) is 1. The second kappa shape index (κ2) is 3.64. The van der Waals surface area contributed by atoms with Crippen LogP contribution in [0.3, 0.4) is 0 Å². The number of benzene rings is 1. The Morgan fingerprint density at radius 3 is 2.82 bits per heavy atom. The van der Waals surface area contributed by atoms with Gasteiger partial charge in [0, 0.05) is 24.6 Å². The first-order valence-electron chi connectivity index (χ1n) is 6.30. The van der Waals surface area contributed by atoms with E-state index in [1.54, 1.807) is 6.07 Å². The van der Waals surface area contributed by atoms with E-state index < -0.39 is 0 Å². The largest absolute Gasteiger partial charge is 0.504 e. The molecule has 0 aromatic heterocycles. The number of aryl methyl sites for hydroxylation is 1. The predicted octanol–water partition coefficient (Wildman–Crippen LogP) is 2.00. The zero-order chi connectivity index (χ0) is 12.2. The quantitative estimate of drug-likeness (QED) is 0.674. The Labute approximate surface area is 102 Å². The lowest BCUT2D eigenvalue weighted by atomic mass is 9.75. The van der Waals surface area contributed by atoms with Gasteiger partial charge in [-0.25, -0.2) is 0 Å². The summed E-state index contributed by atoms with van der Waals surface area (Å²) in [5.41, 5.74) is 3.40. The number of phenolic OH excluding ortho intramolecular Hbond substituents is 2.